The Balaban J connectivity index is 2.10. The van der Waals surface area contributed by atoms with Crippen LogP contribution in [-0.2, 0) is 0 Å². The van der Waals surface area contributed by atoms with E-state index in [0.717, 1.165) is 16.9 Å². The average molecular weight is 328 g/mol. The Morgan fingerprint density at radius 2 is 1.71 bits per heavy atom. The first-order valence-corrected chi connectivity index (χ1v) is 7.29. The third-order valence-corrected chi connectivity index (χ3v) is 3.53. The van der Waals surface area contributed by atoms with Gasteiger partial charge in [-0.2, -0.15) is 5.10 Å². The van der Waals surface area contributed by atoms with Crippen molar-refractivity contribution in [3.05, 3.63) is 53.1 Å². The highest BCUT2D eigenvalue weighted by Gasteiger charge is 2.10. The first-order chi connectivity index (χ1) is 11.6. The van der Waals surface area contributed by atoms with E-state index in [1.165, 1.54) is 6.21 Å². The maximum Gasteiger partial charge on any atom is 0.271 e. The van der Waals surface area contributed by atoms with Crippen molar-refractivity contribution in [1.29, 1.82) is 0 Å². The van der Waals surface area contributed by atoms with Crippen LogP contribution in [0.3, 0.4) is 0 Å². The fourth-order valence-electron chi connectivity index (χ4n) is 2.26. The van der Waals surface area contributed by atoms with Crippen LogP contribution in [0.2, 0.25) is 0 Å². The predicted octanol–water partition coefficient (Wildman–Crippen LogP) is 2.78. The van der Waals surface area contributed by atoms with Gasteiger partial charge in [-0.25, -0.2) is 5.43 Å². The minimum Gasteiger partial charge on any atom is -0.497 e. The molecule has 0 aliphatic heterocycles. The number of ether oxygens (including phenoxy) is 3. The van der Waals surface area contributed by atoms with Crippen molar-refractivity contribution in [3.63, 3.8) is 0 Å². The number of carbonyl (C=O) groups is 1. The van der Waals surface area contributed by atoms with E-state index in [0.29, 0.717) is 17.1 Å². The molecule has 0 bridgehead atoms. The van der Waals surface area contributed by atoms with Crippen LogP contribution in [-0.4, -0.2) is 33.5 Å². The number of carbonyl (C=O) groups excluding carboxylic acids is 1. The highest BCUT2D eigenvalue weighted by atomic mass is 16.5. The second-order valence-corrected chi connectivity index (χ2v) is 4.94. The molecular formula is C18H20N2O4. The van der Waals surface area contributed by atoms with Gasteiger partial charge in [-0.15, -0.1) is 0 Å². The molecule has 0 spiro atoms. The molecule has 0 saturated heterocycles. The van der Waals surface area contributed by atoms with Gasteiger partial charge in [0.25, 0.3) is 5.91 Å². The number of rotatable bonds is 6. The van der Waals surface area contributed by atoms with Crippen molar-refractivity contribution in [2.45, 2.75) is 6.92 Å². The fourth-order valence-corrected chi connectivity index (χ4v) is 2.26. The maximum absolute atomic E-state index is 12.0. The van der Waals surface area contributed by atoms with Gasteiger partial charge in [0.15, 0.2) is 0 Å². The van der Waals surface area contributed by atoms with Crippen molar-refractivity contribution >= 4 is 12.1 Å². The van der Waals surface area contributed by atoms with Crippen molar-refractivity contribution in [3.8, 4) is 17.2 Å². The summed E-state index contributed by atoms with van der Waals surface area (Å²) in [5, 5.41) is 3.99. The SMILES string of the molecule is COc1ccc(C(=O)N/N=C/c2ccc(OC)c(C)c2OC)cc1. The van der Waals surface area contributed by atoms with Gasteiger partial charge < -0.3 is 14.2 Å². The summed E-state index contributed by atoms with van der Waals surface area (Å²) in [6.07, 6.45) is 1.53. The predicted molar refractivity (Wildman–Crippen MR) is 92.3 cm³/mol. The summed E-state index contributed by atoms with van der Waals surface area (Å²) in [6, 6.07) is 10.4. The Morgan fingerprint density at radius 1 is 1.00 bits per heavy atom. The number of benzene rings is 2. The number of amides is 1. The molecule has 1 amide bonds. The molecule has 2 rings (SSSR count). The summed E-state index contributed by atoms with van der Waals surface area (Å²) in [6.45, 7) is 1.89. The van der Waals surface area contributed by atoms with Crippen LogP contribution >= 0.6 is 0 Å². The van der Waals surface area contributed by atoms with E-state index in [1.807, 2.05) is 19.1 Å². The van der Waals surface area contributed by atoms with E-state index < -0.39 is 0 Å². The van der Waals surface area contributed by atoms with E-state index in [1.54, 1.807) is 45.6 Å². The first-order valence-electron chi connectivity index (χ1n) is 7.29. The lowest BCUT2D eigenvalue weighted by molar-refractivity contribution is 0.0955. The average Bonchev–Trinajstić information content (AvgIpc) is 2.62. The highest BCUT2D eigenvalue weighted by Crippen LogP contribution is 2.30. The van der Waals surface area contributed by atoms with Gasteiger partial charge in [-0.3, -0.25) is 4.79 Å². The molecule has 0 saturated carbocycles. The van der Waals surface area contributed by atoms with Gasteiger partial charge in [0.1, 0.15) is 17.2 Å². The molecule has 0 unspecified atom stereocenters. The molecular weight excluding hydrogens is 308 g/mol. The molecule has 0 aromatic heterocycles. The minimum absolute atomic E-state index is 0.307. The molecule has 6 heteroatoms. The molecule has 0 aliphatic carbocycles. The zero-order valence-electron chi connectivity index (χ0n) is 14.1. The highest BCUT2D eigenvalue weighted by molar-refractivity contribution is 5.95. The van der Waals surface area contributed by atoms with Crippen LogP contribution in [0.5, 0.6) is 17.2 Å². The van der Waals surface area contributed by atoms with Crippen molar-refractivity contribution in [2.24, 2.45) is 5.10 Å². The number of nitrogens with one attached hydrogen (secondary N) is 1. The quantitative estimate of drug-likeness (QED) is 0.654. The fraction of sp³-hybridized carbons (Fsp3) is 0.222. The summed E-state index contributed by atoms with van der Waals surface area (Å²) >= 11 is 0. The smallest absolute Gasteiger partial charge is 0.271 e. The number of hydrogen-bond acceptors (Lipinski definition) is 5. The normalized spacial score (nSPS) is 10.5. The molecule has 2 aromatic carbocycles. The van der Waals surface area contributed by atoms with Crippen LogP contribution < -0.4 is 19.6 Å². The Hall–Kier alpha value is -3.02. The van der Waals surface area contributed by atoms with E-state index in [9.17, 15) is 4.79 Å². The van der Waals surface area contributed by atoms with Gasteiger partial charge in [0, 0.05) is 16.7 Å². The minimum atomic E-state index is -0.307. The van der Waals surface area contributed by atoms with Crippen molar-refractivity contribution in [2.75, 3.05) is 21.3 Å². The molecule has 0 aliphatic rings. The van der Waals surface area contributed by atoms with Crippen LogP contribution in [0.1, 0.15) is 21.5 Å². The molecule has 0 atom stereocenters. The molecule has 0 radical (unpaired) electrons. The van der Waals surface area contributed by atoms with E-state index in [-0.39, 0.29) is 5.91 Å². The standard InChI is InChI=1S/C18H20N2O4/c1-12-16(23-3)10-7-14(17(12)24-4)11-19-20-18(21)13-5-8-15(22-2)9-6-13/h5-11H,1-4H3,(H,20,21)/b19-11+. The largest absolute Gasteiger partial charge is 0.497 e. The van der Waals surface area contributed by atoms with Crippen molar-refractivity contribution in [1.82, 2.24) is 5.43 Å². The molecule has 0 fully saturated rings. The first kappa shape index (κ1) is 17.3. The van der Waals surface area contributed by atoms with E-state index in [2.05, 4.69) is 10.5 Å². The Morgan fingerprint density at radius 3 is 2.29 bits per heavy atom. The van der Waals surface area contributed by atoms with Crippen LogP contribution in [0.25, 0.3) is 0 Å². The van der Waals surface area contributed by atoms with Crippen molar-refractivity contribution < 1.29 is 19.0 Å². The lowest BCUT2D eigenvalue weighted by Gasteiger charge is -2.11. The third kappa shape index (κ3) is 3.84. The lowest BCUT2D eigenvalue weighted by atomic mass is 10.1. The van der Waals surface area contributed by atoms with Crippen LogP contribution in [0.4, 0.5) is 0 Å². The third-order valence-electron chi connectivity index (χ3n) is 3.53. The molecule has 1 N–H and O–H groups in total. The number of hydrogen-bond donors (Lipinski definition) is 1. The second kappa shape index (κ2) is 8.01. The zero-order chi connectivity index (χ0) is 17.5. The molecule has 24 heavy (non-hydrogen) atoms. The van der Waals surface area contributed by atoms with Gasteiger partial charge in [0.05, 0.1) is 27.5 Å². The number of hydrazone groups is 1. The van der Waals surface area contributed by atoms with E-state index in [4.69, 9.17) is 14.2 Å². The topological polar surface area (TPSA) is 69.2 Å². The zero-order valence-corrected chi connectivity index (χ0v) is 14.1. The molecule has 2 aromatic rings. The van der Waals surface area contributed by atoms with Crippen LogP contribution in [0, 0.1) is 6.92 Å². The summed E-state index contributed by atoms with van der Waals surface area (Å²) in [4.78, 5) is 12.0. The van der Waals surface area contributed by atoms with Gasteiger partial charge in [-0.1, -0.05) is 0 Å². The molecule has 126 valence electrons. The van der Waals surface area contributed by atoms with E-state index >= 15 is 0 Å². The van der Waals surface area contributed by atoms with Crippen LogP contribution in [0.15, 0.2) is 41.5 Å². The summed E-state index contributed by atoms with van der Waals surface area (Å²) in [7, 11) is 4.75. The molecule has 0 heterocycles. The Kier molecular flexibility index (Phi) is 5.78. The monoisotopic (exact) mass is 328 g/mol. The maximum atomic E-state index is 12.0. The lowest BCUT2D eigenvalue weighted by Crippen LogP contribution is -2.17. The summed E-state index contributed by atoms with van der Waals surface area (Å²) in [5.74, 6) is 1.76. The number of methoxy groups -OCH3 is 3. The Bertz CT molecular complexity index is 739. The van der Waals surface area contributed by atoms with Gasteiger partial charge in [-0.05, 0) is 43.3 Å². The Labute approximate surface area is 141 Å². The number of nitrogens with zero attached hydrogens (tertiary/aromatic N) is 1. The summed E-state index contributed by atoms with van der Waals surface area (Å²) < 4.78 is 15.7. The van der Waals surface area contributed by atoms with Gasteiger partial charge in [0.2, 0.25) is 0 Å². The second-order valence-electron chi connectivity index (χ2n) is 4.94. The summed E-state index contributed by atoms with van der Waals surface area (Å²) in [5.41, 5.74) is 4.59. The van der Waals surface area contributed by atoms with Gasteiger partial charge >= 0.3 is 0 Å². The molecule has 6 nitrogen and oxygen atoms in total.